The SMILES string of the molecule is ONN(CC1OC1O)C1SC1S. The molecule has 0 aromatic carbocycles. The molecule has 0 aromatic rings. The normalized spacial score (nSPS) is 45.0. The summed E-state index contributed by atoms with van der Waals surface area (Å²) in [6.07, 6.45) is -0.839. The third-order valence-corrected chi connectivity index (χ3v) is 3.69. The van der Waals surface area contributed by atoms with Gasteiger partial charge in [0, 0.05) is 6.54 Å². The van der Waals surface area contributed by atoms with Crippen molar-refractivity contribution in [2.75, 3.05) is 6.54 Å². The minimum atomic E-state index is -0.664. The number of rotatable bonds is 4. The van der Waals surface area contributed by atoms with Crippen LogP contribution in [0.5, 0.6) is 0 Å². The lowest BCUT2D eigenvalue weighted by Gasteiger charge is -2.16. The van der Waals surface area contributed by atoms with Gasteiger partial charge >= 0.3 is 0 Å². The Labute approximate surface area is 79.4 Å². The molecule has 0 saturated carbocycles. The van der Waals surface area contributed by atoms with E-state index >= 15 is 0 Å². The minimum Gasteiger partial charge on any atom is -0.366 e. The van der Waals surface area contributed by atoms with Crippen LogP contribution < -0.4 is 5.59 Å². The molecule has 7 heteroatoms. The Morgan fingerprint density at radius 1 is 1.67 bits per heavy atom. The first-order valence-electron chi connectivity index (χ1n) is 3.56. The summed E-state index contributed by atoms with van der Waals surface area (Å²) in [4.78, 5) is 0. The topological polar surface area (TPSA) is 68.3 Å². The lowest BCUT2D eigenvalue weighted by atomic mass is 10.4. The fourth-order valence-electron chi connectivity index (χ4n) is 0.987. The fraction of sp³-hybridized carbons (Fsp3) is 1.00. The minimum absolute atomic E-state index is 0.175. The average molecular weight is 210 g/mol. The van der Waals surface area contributed by atoms with Crippen molar-refractivity contribution in [2.24, 2.45) is 0 Å². The molecule has 0 bridgehead atoms. The number of nitrogens with one attached hydrogen (secondary N) is 1. The second kappa shape index (κ2) is 3.33. The van der Waals surface area contributed by atoms with E-state index in [4.69, 9.17) is 15.1 Å². The third kappa shape index (κ3) is 1.87. The maximum Gasteiger partial charge on any atom is 0.183 e. The van der Waals surface area contributed by atoms with Crippen LogP contribution in [0.3, 0.4) is 0 Å². The molecule has 2 saturated heterocycles. The summed E-state index contributed by atoms with van der Waals surface area (Å²) < 4.78 is 5.03. The zero-order chi connectivity index (χ0) is 8.72. The van der Waals surface area contributed by atoms with Gasteiger partial charge in [0.1, 0.15) is 6.10 Å². The number of hydrazine groups is 1. The van der Waals surface area contributed by atoms with Gasteiger partial charge in [-0.3, -0.25) is 0 Å². The summed E-state index contributed by atoms with van der Waals surface area (Å²) in [5.41, 5.74) is 2.06. The highest BCUT2D eigenvalue weighted by atomic mass is 32.2. The zero-order valence-corrected chi connectivity index (χ0v) is 7.83. The van der Waals surface area contributed by atoms with Crippen molar-refractivity contribution >= 4 is 24.4 Å². The zero-order valence-electron chi connectivity index (χ0n) is 6.12. The van der Waals surface area contributed by atoms with Crippen LogP contribution in [-0.2, 0) is 4.74 Å². The molecular weight excluding hydrogens is 200 g/mol. The maximum absolute atomic E-state index is 8.85. The Balaban J connectivity index is 1.75. The highest BCUT2D eigenvalue weighted by Gasteiger charge is 2.46. The lowest BCUT2D eigenvalue weighted by Crippen LogP contribution is -2.41. The molecule has 2 aliphatic heterocycles. The number of aliphatic hydroxyl groups is 1. The summed E-state index contributed by atoms with van der Waals surface area (Å²) in [5, 5.41) is 19.3. The van der Waals surface area contributed by atoms with E-state index in [2.05, 4.69) is 18.2 Å². The van der Waals surface area contributed by atoms with E-state index in [-0.39, 0.29) is 16.1 Å². The third-order valence-electron chi connectivity index (χ3n) is 1.81. The molecule has 3 N–H and O–H groups in total. The number of ether oxygens (including phenoxy) is 1. The molecule has 5 nitrogen and oxygen atoms in total. The Morgan fingerprint density at radius 2 is 2.25 bits per heavy atom. The number of thioether (sulfide) groups is 1. The van der Waals surface area contributed by atoms with Gasteiger partial charge in [-0.25, -0.2) is 5.01 Å². The maximum atomic E-state index is 8.85. The van der Waals surface area contributed by atoms with Gasteiger partial charge in [-0.15, -0.1) is 17.4 Å². The van der Waals surface area contributed by atoms with E-state index in [1.54, 1.807) is 16.8 Å². The van der Waals surface area contributed by atoms with Crippen molar-refractivity contribution in [3.8, 4) is 0 Å². The average Bonchev–Trinajstić information content (AvgIpc) is 2.89. The Bertz CT molecular complexity index is 184. The van der Waals surface area contributed by atoms with E-state index in [0.29, 0.717) is 6.54 Å². The van der Waals surface area contributed by atoms with Gasteiger partial charge in [0.15, 0.2) is 6.29 Å². The first-order valence-corrected chi connectivity index (χ1v) is 5.01. The van der Waals surface area contributed by atoms with E-state index in [0.717, 1.165) is 0 Å². The van der Waals surface area contributed by atoms with Crippen LogP contribution in [0.25, 0.3) is 0 Å². The van der Waals surface area contributed by atoms with Crippen molar-refractivity contribution in [3.63, 3.8) is 0 Å². The molecule has 2 heterocycles. The molecule has 2 aliphatic rings. The van der Waals surface area contributed by atoms with Crippen LogP contribution in [0.15, 0.2) is 0 Å². The monoisotopic (exact) mass is 210 g/mol. The molecule has 2 rings (SSSR count). The molecule has 4 atom stereocenters. The van der Waals surface area contributed by atoms with Crippen molar-refractivity contribution in [1.82, 2.24) is 10.6 Å². The van der Waals surface area contributed by atoms with Crippen LogP contribution in [0.4, 0.5) is 0 Å². The molecular formula is C5H10N2O3S2. The van der Waals surface area contributed by atoms with E-state index < -0.39 is 6.29 Å². The van der Waals surface area contributed by atoms with Crippen LogP contribution in [-0.4, -0.2) is 44.2 Å². The fourth-order valence-corrected chi connectivity index (χ4v) is 2.14. The Morgan fingerprint density at radius 3 is 2.58 bits per heavy atom. The number of thiol groups is 1. The van der Waals surface area contributed by atoms with Crippen LogP contribution in [0.1, 0.15) is 0 Å². The molecule has 70 valence electrons. The summed E-state index contributed by atoms with van der Waals surface area (Å²) in [6.45, 7) is 0.479. The quantitative estimate of drug-likeness (QED) is 0.277. The largest absolute Gasteiger partial charge is 0.366 e. The van der Waals surface area contributed by atoms with Crippen LogP contribution in [0.2, 0.25) is 0 Å². The van der Waals surface area contributed by atoms with Gasteiger partial charge in [-0.05, 0) is 0 Å². The Kier molecular flexibility index (Phi) is 2.52. The van der Waals surface area contributed by atoms with Gasteiger partial charge in [0.05, 0.1) is 9.96 Å². The van der Waals surface area contributed by atoms with Crippen molar-refractivity contribution in [1.29, 1.82) is 0 Å². The second-order valence-corrected chi connectivity index (χ2v) is 4.90. The number of aliphatic hydroxyl groups excluding tert-OH is 1. The molecule has 0 spiro atoms. The first kappa shape index (κ1) is 9.07. The molecule has 0 amide bonds. The van der Waals surface area contributed by atoms with Crippen molar-refractivity contribution in [3.05, 3.63) is 0 Å². The summed E-state index contributed by atoms with van der Waals surface area (Å²) >= 11 is 5.82. The number of epoxide rings is 1. The second-order valence-electron chi connectivity index (χ2n) is 2.73. The van der Waals surface area contributed by atoms with Gasteiger partial charge in [-0.2, -0.15) is 12.6 Å². The highest BCUT2D eigenvalue weighted by molar-refractivity contribution is 8.18. The van der Waals surface area contributed by atoms with Crippen LogP contribution in [0, 0.1) is 0 Å². The van der Waals surface area contributed by atoms with Gasteiger partial charge < -0.3 is 15.1 Å². The molecule has 0 aromatic heterocycles. The standard InChI is InChI=1S/C5H10N2O3S2/c8-4-2(10-4)1-7(6-9)3-5(11)12-3/h2-6,8-9,11H,1H2. The lowest BCUT2D eigenvalue weighted by molar-refractivity contribution is -0.0228. The van der Waals surface area contributed by atoms with Crippen LogP contribution >= 0.6 is 24.4 Å². The Hall–Kier alpha value is 0.500. The molecule has 12 heavy (non-hydrogen) atoms. The number of hydrogen-bond acceptors (Lipinski definition) is 7. The smallest absolute Gasteiger partial charge is 0.183 e. The van der Waals surface area contributed by atoms with Crippen molar-refractivity contribution < 1.29 is 15.1 Å². The van der Waals surface area contributed by atoms with Gasteiger partial charge in [0.25, 0.3) is 0 Å². The molecule has 0 aliphatic carbocycles. The summed E-state index contributed by atoms with van der Waals surface area (Å²) in [6, 6.07) is 0. The number of hydrogen-bond donors (Lipinski definition) is 4. The van der Waals surface area contributed by atoms with E-state index in [9.17, 15) is 0 Å². The number of nitrogens with zero attached hydrogens (tertiary/aromatic N) is 1. The summed E-state index contributed by atoms with van der Waals surface area (Å²) in [7, 11) is 0. The molecule has 0 radical (unpaired) electrons. The first-order chi connectivity index (χ1) is 5.72. The van der Waals surface area contributed by atoms with E-state index in [1.165, 1.54) is 0 Å². The van der Waals surface area contributed by atoms with Gasteiger partial charge in [-0.1, -0.05) is 0 Å². The highest BCUT2D eigenvalue weighted by Crippen LogP contribution is 2.45. The molecule has 2 fully saturated rings. The molecule has 4 unspecified atom stereocenters. The summed E-state index contributed by atoms with van der Waals surface area (Å²) in [5.74, 6) is 0. The van der Waals surface area contributed by atoms with Crippen molar-refractivity contribution in [2.45, 2.75) is 22.3 Å². The van der Waals surface area contributed by atoms with E-state index in [1.807, 2.05) is 0 Å². The predicted molar refractivity (Wildman–Crippen MR) is 46.7 cm³/mol. The van der Waals surface area contributed by atoms with Gasteiger partial charge in [0.2, 0.25) is 0 Å². The predicted octanol–water partition coefficient (Wildman–Crippen LogP) is -0.772.